The Balaban J connectivity index is 1.47. The smallest absolute Gasteiger partial charge is 0.260 e. The van der Waals surface area contributed by atoms with Crippen LogP contribution in [0.4, 0.5) is 5.13 Å². The first-order chi connectivity index (χ1) is 18.5. The summed E-state index contributed by atoms with van der Waals surface area (Å²) in [6.07, 6.45) is 5.51. The number of carbonyl (C=O) groups excluding carboxylic acids is 1. The van der Waals surface area contributed by atoms with Gasteiger partial charge in [0, 0.05) is 24.8 Å². The summed E-state index contributed by atoms with van der Waals surface area (Å²) in [7, 11) is -3.60. The molecule has 10 heteroatoms. The molecule has 1 amide bonds. The third-order valence-corrected chi connectivity index (χ3v) is 9.45. The Bertz CT molecular complexity index is 1500. The number of carbonyl (C=O) groups is 1. The van der Waals surface area contributed by atoms with Crippen molar-refractivity contribution in [3.63, 3.8) is 0 Å². The summed E-state index contributed by atoms with van der Waals surface area (Å²) in [6, 6.07) is 17.5. The molecule has 5 rings (SSSR count). The lowest BCUT2D eigenvalue weighted by Gasteiger charge is -2.21. The maximum atomic E-state index is 13.8. The van der Waals surface area contributed by atoms with E-state index in [0.29, 0.717) is 47.4 Å². The molecule has 1 aliphatic rings. The van der Waals surface area contributed by atoms with E-state index in [1.54, 1.807) is 27.5 Å². The Morgan fingerprint density at radius 3 is 2.45 bits per heavy atom. The quantitative estimate of drug-likeness (QED) is 0.288. The van der Waals surface area contributed by atoms with Gasteiger partial charge in [-0.2, -0.15) is 4.31 Å². The zero-order valence-electron chi connectivity index (χ0n) is 21.2. The van der Waals surface area contributed by atoms with Crippen LogP contribution < -0.4 is 9.64 Å². The largest absolute Gasteiger partial charge is 0.492 e. The van der Waals surface area contributed by atoms with Crippen molar-refractivity contribution < 1.29 is 17.9 Å². The fourth-order valence-corrected chi connectivity index (χ4v) is 7.03. The van der Waals surface area contributed by atoms with Crippen molar-refractivity contribution in [3.8, 4) is 5.75 Å². The topological polar surface area (TPSA) is 92.7 Å². The van der Waals surface area contributed by atoms with Crippen LogP contribution in [0.1, 0.15) is 48.7 Å². The number of nitrogens with zero attached hydrogens (tertiary/aromatic N) is 4. The van der Waals surface area contributed by atoms with E-state index in [4.69, 9.17) is 9.72 Å². The van der Waals surface area contributed by atoms with Crippen molar-refractivity contribution in [1.29, 1.82) is 0 Å². The van der Waals surface area contributed by atoms with Gasteiger partial charge in [0.25, 0.3) is 5.91 Å². The Morgan fingerprint density at radius 1 is 1.00 bits per heavy atom. The third-order valence-electron chi connectivity index (χ3n) is 6.50. The maximum Gasteiger partial charge on any atom is 0.260 e. The van der Waals surface area contributed by atoms with Crippen LogP contribution in [0.3, 0.4) is 0 Å². The molecule has 3 heterocycles. The van der Waals surface area contributed by atoms with Crippen LogP contribution in [-0.4, -0.2) is 48.3 Å². The number of ether oxygens (including phenoxy) is 1. The normalized spacial score (nSPS) is 14.8. The molecule has 198 valence electrons. The molecule has 0 N–H and O–H groups in total. The minimum Gasteiger partial charge on any atom is -0.492 e. The van der Waals surface area contributed by atoms with Crippen molar-refractivity contribution >= 4 is 42.6 Å². The summed E-state index contributed by atoms with van der Waals surface area (Å²) in [5.41, 5.74) is 1.79. The summed E-state index contributed by atoms with van der Waals surface area (Å²) < 4.78 is 34.6. The molecular weight excluding hydrogens is 520 g/mol. The molecule has 0 spiro atoms. The Kier molecular flexibility index (Phi) is 8.01. The lowest BCUT2D eigenvalue weighted by Crippen LogP contribution is -2.32. The SMILES string of the molecule is CCOc1cccc2sc(N(Cc3ccccn3)C(=O)c3ccc(S(=O)(=O)N4CCCCCC4)cc3)nc12. The molecule has 0 bridgehead atoms. The van der Waals surface area contributed by atoms with Crippen LogP contribution >= 0.6 is 11.3 Å². The van der Waals surface area contributed by atoms with Crippen molar-refractivity contribution in [2.75, 3.05) is 24.6 Å². The van der Waals surface area contributed by atoms with E-state index in [0.717, 1.165) is 30.4 Å². The van der Waals surface area contributed by atoms with E-state index < -0.39 is 10.0 Å². The molecule has 4 aromatic rings. The number of anilines is 1. The standard InChI is InChI=1S/C28H30N4O4S2/c1-2-36-24-11-9-12-25-26(24)30-28(37-25)32(20-22-10-5-6-17-29-22)27(33)21-13-15-23(16-14-21)38(34,35)31-18-7-3-4-8-19-31/h5-6,9-17H,2-4,7-8,18-20H2,1H3. The molecule has 0 saturated carbocycles. The lowest BCUT2D eigenvalue weighted by molar-refractivity contribution is 0.0984. The average Bonchev–Trinajstić information content (AvgIpc) is 3.18. The zero-order chi connectivity index (χ0) is 26.5. The number of amides is 1. The summed E-state index contributed by atoms with van der Waals surface area (Å²) in [5.74, 6) is 0.382. The lowest BCUT2D eigenvalue weighted by atomic mass is 10.2. The highest BCUT2D eigenvalue weighted by atomic mass is 32.2. The first-order valence-electron chi connectivity index (χ1n) is 12.8. The highest BCUT2D eigenvalue weighted by molar-refractivity contribution is 7.89. The number of thiazole rings is 1. The van der Waals surface area contributed by atoms with Crippen molar-refractivity contribution in [3.05, 3.63) is 78.1 Å². The number of para-hydroxylation sites is 1. The van der Waals surface area contributed by atoms with Crippen LogP contribution in [0, 0.1) is 0 Å². The third kappa shape index (κ3) is 5.57. The number of aromatic nitrogens is 2. The first-order valence-corrected chi connectivity index (χ1v) is 15.1. The van der Waals surface area contributed by atoms with Gasteiger partial charge < -0.3 is 4.74 Å². The van der Waals surface area contributed by atoms with Gasteiger partial charge >= 0.3 is 0 Å². The van der Waals surface area contributed by atoms with Gasteiger partial charge in [-0.25, -0.2) is 13.4 Å². The molecule has 0 aliphatic carbocycles. The van der Waals surface area contributed by atoms with E-state index in [1.165, 1.54) is 23.5 Å². The molecular formula is C28H30N4O4S2. The Morgan fingerprint density at radius 2 is 1.76 bits per heavy atom. The van der Waals surface area contributed by atoms with Crippen LogP contribution in [0.15, 0.2) is 71.8 Å². The van der Waals surface area contributed by atoms with Crippen LogP contribution in [0.5, 0.6) is 5.75 Å². The summed E-state index contributed by atoms with van der Waals surface area (Å²) in [4.78, 5) is 24.8. The highest BCUT2D eigenvalue weighted by Gasteiger charge is 2.27. The molecule has 38 heavy (non-hydrogen) atoms. The van der Waals surface area contributed by atoms with Gasteiger partial charge in [0.15, 0.2) is 5.13 Å². The molecule has 2 aromatic heterocycles. The minimum absolute atomic E-state index is 0.202. The van der Waals surface area contributed by atoms with Gasteiger partial charge in [0.1, 0.15) is 11.3 Å². The van der Waals surface area contributed by atoms with Crippen molar-refractivity contribution in [2.24, 2.45) is 0 Å². The molecule has 1 fully saturated rings. The summed E-state index contributed by atoms with van der Waals surface area (Å²) >= 11 is 1.40. The van der Waals surface area contributed by atoms with E-state index >= 15 is 0 Å². The number of rotatable bonds is 8. The molecule has 1 aliphatic heterocycles. The predicted octanol–water partition coefficient (Wildman–Crippen LogP) is 5.50. The van der Waals surface area contributed by atoms with Crippen molar-refractivity contribution in [2.45, 2.75) is 44.0 Å². The average molecular weight is 551 g/mol. The molecule has 1 saturated heterocycles. The summed E-state index contributed by atoms with van der Waals surface area (Å²) in [5, 5.41) is 0.518. The van der Waals surface area contributed by atoms with E-state index in [-0.39, 0.29) is 17.3 Å². The minimum atomic E-state index is -3.60. The molecule has 0 radical (unpaired) electrons. The second kappa shape index (κ2) is 11.6. The van der Waals surface area contributed by atoms with Gasteiger partial charge in [-0.3, -0.25) is 14.7 Å². The Labute approximate surface area is 227 Å². The Hall–Kier alpha value is -3.34. The predicted molar refractivity (Wildman–Crippen MR) is 149 cm³/mol. The first kappa shape index (κ1) is 26.3. The zero-order valence-corrected chi connectivity index (χ0v) is 22.9. The maximum absolute atomic E-state index is 13.8. The van der Waals surface area contributed by atoms with Gasteiger partial charge in [0.2, 0.25) is 10.0 Å². The highest BCUT2D eigenvalue weighted by Crippen LogP contribution is 2.35. The number of hydrogen-bond donors (Lipinski definition) is 0. The number of pyridine rings is 1. The molecule has 0 atom stereocenters. The molecule has 8 nitrogen and oxygen atoms in total. The number of fused-ring (bicyclic) bond motifs is 1. The van der Waals surface area contributed by atoms with Gasteiger partial charge in [0.05, 0.1) is 28.4 Å². The van der Waals surface area contributed by atoms with E-state index in [9.17, 15) is 13.2 Å². The molecule has 0 unspecified atom stereocenters. The fraction of sp³-hybridized carbons (Fsp3) is 0.321. The number of hydrogen-bond acceptors (Lipinski definition) is 7. The van der Waals surface area contributed by atoms with Gasteiger partial charge in [-0.05, 0) is 68.3 Å². The van der Waals surface area contributed by atoms with E-state index in [2.05, 4.69) is 4.98 Å². The fourth-order valence-electron chi connectivity index (χ4n) is 4.54. The van der Waals surface area contributed by atoms with Gasteiger partial charge in [-0.15, -0.1) is 0 Å². The van der Waals surface area contributed by atoms with Crippen LogP contribution in [0.25, 0.3) is 10.2 Å². The number of benzene rings is 2. The van der Waals surface area contributed by atoms with E-state index in [1.807, 2.05) is 43.3 Å². The summed E-state index contributed by atoms with van der Waals surface area (Å²) in [6.45, 7) is 3.71. The second-order valence-electron chi connectivity index (χ2n) is 9.09. The van der Waals surface area contributed by atoms with Crippen LogP contribution in [-0.2, 0) is 16.6 Å². The number of sulfonamides is 1. The van der Waals surface area contributed by atoms with Crippen LogP contribution in [0.2, 0.25) is 0 Å². The van der Waals surface area contributed by atoms with Gasteiger partial charge in [-0.1, -0.05) is 36.3 Å². The molecule has 2 aromatic carbocycles. The second-order valence-corrected chi connectivity index (χ2v) is 12.0. The monoisotopic (exact) mass is 550 g/mol. The van der Waals surface area contributed by atoms with Crippen molar-refractivity contribution in [1.82, 2.24) is 14.3 Å².